The van der Waals surface area contributed by atoms with Crippen LogP contribution in [-0.2, 0) is 30.2 Å². The lowest BCUT2D eigenvalue weighted by atomic mass is 10.1. The molecule has 0 saturated carbocycles. The fourth-order valence-corrected chi connectivity index (χ4v) is 3.39. The van der Waals surface area contributed by atoms with Crippen molar-refractivity contribution in [2.45, 2.75) is 6.54 Å². The van der Waals surface area contributed by atoms with Crippen molar-refractivity contribution < 1.29 is 19.1 Å². The zero-order chi connectivity index (χ0) is 21.6. The quantitative estimate of drug-likeness (QED) is 0.400. The number of ether oxygens (including phenoxy) is 1. The first-order chi connectivity index (χ1) is 14.3. The van der Waals surface area contributed by atoms with Crippen LogP contribution in [0, 0.1) is 0 Å². The Bertz CT molecular complexity index is 1300. The molecule has 2 amide bonds. The van der Waals surface area contributed by atoms with Gasteiger partial charge < -0.3 is 9.30 Å². The molecule has 11 heteroatoms. The Labute approximate surface area is 168 Å². The number of aryl methyl sites for hydroxylation is 1. The van der Waals surface area contributed by atoms with Crippen LogP contribution in [0.25, 0.3) is 11.2 Å². The summed E-state index contributed by atoms with van der Waals surface area (Å²) in [5.41, 5.74) is -0.218. The van der Waals surface area contributed by atoms with E-state index in [-0.39, 0.29) is 30.9 Å². The number of fused-ring (bicyclic) bond motifs is 2. The van der Waals surface area contributed by atoms with Crippen LogP contribution >= 0.6 is 0 Å². The van der Waals surface area contributed by atoms with Crippen LogP contribution in [0.5, 0.6) is 0 Å². The highest BCUT2D eigenvalue weighted by molar-refractivity contribution is 6.21. The third-order valence-electron chi connectivity index (χ3n) is 4.97. The van der Waals surface area contributed by atoms with Gasteiger partial charge in [0.15, 0.2) is 11.2 Å². The highest BCUT2D eigenvalue weighted by Gasteiger charge is 2.34. The number of hydrogen-bond donors (Lipinski definition) is 0. The number of benzene rings is 1. The Morgan fingerprint density at radius 3 is 2.27 bits per heavy atom. The van der Waals surface area contributed by atoms with E-state index < -0.39 is 29.0 Å². The second-order valence-electron chi connectivity index (χ2n) is 6.78. The average molecular weight is 411 g/mol. The number of amides is 2. The molecule has 0 spiro atoms. The summed E-state index contributed by atoms with van der Waals surface area (Å²) in [6.45, 7) is -0.585. The maximum absolute atomic E-state index is 12.4. The van der Waals surface area contributed by atoms with E-state index in [1.165, 1.54) is 29.6 Å². The largest absolute Gasteiger partial charge is 0.462 e. The molecule has 0 unspecified atom stereocenters. The van der Waals surface area contributed by atoms with Gasteiger partial charge in [-0.15, -0.1) is 0 Å². The molecule has 2 aromatic heterocycles. The molecule has 3 heterocycles. The molecule has 154 valence electrons. The zero-order valence-corrected chi connectivity index (χ0v) is 16.2. The van der Waals surface area contributed by atoms with Crippen molar-refractivity contribution in [3.8, 4) is 0 Å². The van der Waals surface area contributed by atoms with Crippen LogP contribution in [0.1, 0.15) is 20.7 Å². The molecule has 0 aliphatic carbocycles. The first kappa shape index (κ1) is 19.3. The van der Waals surface area contributed by atoms with Gasteiger partial charge in [-0.1, -0.05) is 12.1 Å². The predicted octanol–water partition coefficient (Wildman–Crippen LogP) is -0.727. The molecular formula is C19H17N5O6. The summed E-state index contributed by atoms with van der Waals surface area (Å²) in [4.78, 5) is 66.2. The Morgan fingerprint density at radius 1 is 1.00 bits per heavy atom. The molecule has 0 atom stereocenters. The second kappa shape index (κ2) is 7.10. The van der Waals surface area contributed by atoms with Gasteiger partial charge in [0.2, 0.25) is 0 Å². The summed E-state index contributed by atoms with van der Waals surface area (Å²) < 4.78 is 8.56. The Morgan fingerprint density at radius 2 is 1.63 bits per heavy atom. The number of esters is 1. The molecule has 0 saturated heterocycles. The molecule has 4 rings (SSSR count). The molecule has 0 radical (unpaired) electrons. The monoisotopic (exact) mass is 411 g/mol. The smallest absolute Gasteiger partial charge is 0.332 e. The minimum Gasteiger partial charge on any atom is -0.462 e. The predicted molar refractivity (Wildman–Crippen MR) is 103 cm³/mol. The zero-order valence-electron chi connectivity index (χ0n) is 16.2. The molecule has 1 aliphatic rings. The van der Waals surface area contributed by atoms with Crippen LogP contribution in [0.3, 0.4) is 0 Å². The van der Waals surface area contributed by atoms with E-state index in [0.717, 1.165) is 9.47 Å². The van der Waals surface area contributed by atoms with Crippen LogP contribution in [0.15, 0.2) is 40.2 Å². The van der Waals surface area contributed by atoms with Gasteiger partial charge in [0.25, 0.3) is 17.4 Å². The number of imidazole rings is 1. The van der Waals surface area contributed by atoms with Gasteiger partial charge in [-0.2, -0.15) is 0 Å². The third-order valence-corrected chi connectivity index (χ3v) is 4.97. The van der Waals surface area contributed by atoms with Gasteiger partial charge in [-0.25, -0.2) is 9.78 Å². The van der Waals surface area contributed by atoms with E-state index >= 15 is 0 Å². The maximum atomic E-state index is 12.4. The fourth-order valence-electron chi connectivity index (χ4n) is 3.39. The van der Waals surface area contributed by atoms with Crippen LogP contribution in [-0.4, -0.2) is 54.5 Å². The summed E-state index contributed by atoms with van der Waals surface area (Å²) >= 11 is 0. The lowest BCUT2D eigenvalue weighted by Gasteiger charge is -2.14. The fraction of sp³-hybridized carbons (Fsp3) is 0.263. The van der Waals surface area contributed by atoms with Crippen molar-refractivity contribution in [1.29, 1.82) is 0 Å². The molecule has 1 aliphatic heterocycles. The lowest BCUT2D eigenvalue weighted by Crippen LogP contribution is -2.37. The summed E-state index contributed by atoms with van der Waals surface area (Å²) in [5.74, 6) is -1.55. The average Bonchev–Trinajstić information content (AvgIpc) is 3.25. The standard InChI is InChI=1S/C19H17N5O6/c1-21-15-14(18(28)22(2)19(21)29)23(10-20-15)9-13(25)30-8-7-24-16(26)11-5-3-4-6-12(11)17(24)27/h3-6,10H,7-9H2,1-2H3. The van der Waals surface area contributed by atoms with Crippen molar-refractivity contribution in [3.63, 3.8) is 0 Å². The SMILES string of the molecule is Cn1c(=O)c2c(ncn2CC(=O)OCCN2C(=O)c3ccccc3C2=O)n(C)c1=O. The Hall–Kier alpha value is -4.02. The summed E-state index contributed by atoms with van der Waals surface area (Å²) in [7, 11) is 2.81. The van der Waals surface area contributed by atoms with E-state index in [4.69, 9.17) is 4.74 Å². The number of nitrogens with zero attached hydrogens (tertiary/aromatic N) is 5. The number of carbonyl (C=O) groups excluding carboxylic acids is 3. The van der Waals surface area contributed by atoms with Crippen LogP contribution < -0.4 is 11.2 Å². The first-order valence-corrected chi connectivity index (χ1v) is 9.03. The van der Waals surface area contributed by atoms with Crippen LogP contribution in [0.2, 0.25) is 0 Å². The van der Waals surface area contributed by atoms with Crippen molar-refractivity contribution in [1.82, 2.24) is 23.6 Å². The van der Waals surface area contributed by atoms with Gasteiger partial charge in [0.05, 0.1) is 24.0 Å². The highest BCUT2D eigenvalue weighted by Crippen LogP contribution is 2.21. The third kappa shape index (κ3) is 2.91. The van der Waals surface area contributed by atoms with Gasteiger partial charge in [0.1, 0.15) is 13.2 Å². The molecule has 30 heavy (non-hydrogen) atoms. The molecule has 1 aromatic carbocycles. The molecule has 3 aromatic rings. The van der Waals surface area contributed by atoms with Gasteiger partial charge in [0, 0.05) is 14.1 Å². The van der Waals surface area contributed by atoms with Gasteiger partial charge in [-0.3, -0.25) is 33.2 Å². The van der Waals surface area contributed by atoms with Crippen LogP contribution in [0.4, 0.5) is 0 Å². The van der Waals surface area contributed by atoms with E-state index in [0.29, 0.717) is 11.1 Å². The van der Waals surface area contributed by atoms with Crippen molar-refractivity contribution in [2.75, 3.05) is 13.2 Å². The van der Waals surface area contributed by atoms with E-state index in [1.807, 2.05) is 0 Å². The lowest BCUT2D eigenvalue weighted by molar-refractivity contribution is -0.144. The van der Waals surface area contributed by atoms with E-state index in [9.17, 15) is 24.0 Å². The normalized spacial score (nSPS) is 13.2. The number of rotatable bonds is 5. The van der Waals surface area contributed by atoms with E-state index in [1.54, 1.807) is 24.3 Å². The minimum atomic E-state index is -0.679. The van der Waals surface area contributed by atoms with Gasteiger partial charge in [-0.05, 0) is 12.1 Å². The highest BCUT2D eigenvalue weighted by atomic mass is 16.5. The van der Waals surface area contributed by atoms with Crippen molar-refractivity contribution >= 4 is 28.9 Å². The number of imide groups is 1. The first-order valence-electron chi connectivity index (χ1n) is 9.03. The number of aromatic nitrogens is 4. The summed E-state index contributed by atoms with van der Waals surface area (Å²) in [5, 5.41) is 0. The number of hydrogen-bond acceptors (Lipinski definition) is 7. The van der Waals surface area contributed by atoms with Crippen molar-refractivity contribution in [2.24, 2.45) is 14.1 Å². The molecule has 0 fully saturated rings. The maximum Gasteiger partial charge on any atom is 0.332 e. The Balaban J connectivity index is 1.43. The molecule has 0 bridgehead atoms. The Kier molecular flexibility index (Phi) is 4.57. The van der Waals surface area contributed by atoms with E-state index in [2.05, 4.69) is 4.98 Å². The topological polar surface area (TPSA) is 126 Å². The van der Waals surface area contributed by atoms with Crippen molar-refractivity contribution in [3.05, 3.63) is 62.6 Å². The molecule has 0 N–H and O–H groups in total. The second-order valence-corrected chi connectivity index (χ2v) is 6.78. The summed E-state index contributed by atoms with van der Waals surface area (Å²) in [6, 6.07) is 6.48. The number of carbonyl (C=O) groups is 3. The summed E-state index contributed by atoms with van der Waals surface area (Å²) in [6.07, 6.45) is 1.27. The molecule has 11 nitrogen and oxygen atoms in total. The molecular weight excluding hydrogens is 394 g/mol. The van der Waals surface area contributed by atoms with Gasteiger partial charge >= 0.3 is 11.7 Å². The minimum absolute atomic E-state index is 0.0843.